The molecule has 0 aliphatic rings. The number of pyridine rings is 2. The van der Waals surface area contributed by atoms with Gasteiger partial charge < -0.3 is 10.2 Å². The maximum Gasteiger partial charge on any atom is 0.433 e. The second-order valence-electron chi connectivity index (χ2n) is 6.88. The molecule has 2 aromatic rings. The normalized spacial score (nSPS) is 15.5. The molecular formula is C18H9F12FeN3O2. The number of aromatic nitrogens is 2. The molecule has 0 amide bonds. The summed E-state index contributed by atoms with van der Waals surface area (Å²) in [6.07, 6.45) is -27.4. The third-order valence-electron chi connectivity index (χ3n) is 4.37. The minimum atomic E-state index is -5.48. The summed E-state index contributed by atoms with van der Waals surface area (Å²) >= 11 is 0. The van der Waals surface area contributed by atoms with Gasteiger partial charge in [0.25, 0.3) is 0 Å². The Balaban J connectivity index is 0.00000648. The Morgan fingerprint density at radius 1 is 0.583 bits per heavy atom. The largest absolute Gasteiger partial charge is 0.433 e. The monoisotopic (exact) mass is 583 g/mol. The van der Waals surface area contributed by atoms with E-state index in [2.05, 4.69) is 9.97 Å². The van der Waals surface area contributed by atoms with Crippen LogP contribution < -0.4 is 0 Å². The molecule has 5 nitrogen and oxygen atoms in total. The molecule has 0 spiro atoms. The molecule has 36 heavy (non-hydrogen) atoms. The maximum absolute atomic E-state index is 13.0. The van der Waals surface area contributed by atoms with Crippen LogP contribution >= 0.6 is 0 Å². The molecule has 200 valence electrons. The third-order valence-corrected chi connectivity index (χ3v) is 4.37. The van der Waals surface area contributed by atoms with Crippen molar-refractivity contribution in [2.24, 2.45) is 5.92 Å². The molecule has 2 N–H and O–H groups in total. The van der Waals surface area contributed by atoms with Crippen molar-refractivity contribution in [2.45, 2.75) is 36.9 Å². The summed E-state index contributed by atoms with van der Waals surface area (Å²) in [7, 11) is 0. The predicted octanol–water partition coefficient (Wildman–Crippen LogP) is 5.46. The average molecular weight is 583 g/mol. The first-order valence-electron chi connectivity index (χ1n) is 8.74. The van der Waals surface area contributed by atoms with Crippen molar-refractivity contribution in [1.29, 1.82) is 5.26 Å². The van der Waals surface area contributed by atoms with Crippen molar-refractivity contribution in [3.8, 4) is 6.07 Å². The van der Waals surface area contributed by atoms with Gasteiger partial charge in [-0.3, -0.25) is 0 Å². The number of rotatable bonds is 4. The van der Waals surface area contributed by atoms with Crippen LogP contribution in [0.15, 0.2) is 24.3 Å². The van der Waals surface area contributed by atoms with Gasteiger partial charge in [0.2, 0.25) is 0 Å². The number of halogens is 12. The van der Waals surface area contributed by atoms with E-state index in [4.69, 9.17) is 0 Å². The zero-order valence-electron chi connectivity index (χ0n) is 16.7. The van der Waals surface area contributed by atoms with E-state index >= 15 is 0 Å². The quantitative estimate of drug-likeness (QED) is 0.369. The van der Waals surface area contributed by atoms with Crippen LogP contribution in [0.25, 0.3) is 0 Å². The molecule has 0 aliphatic heterocycles. The molecule has 2 unspecified atom stereocenters. The van der Waals surface area contributed by atoms with Gasteiger partial charge in [0.05, 0.1) is 18.3 Å². The number of nitrogens with zero attached hydrogens (tertiary/aromatic N) is 3. The van der Waals surface area contributed by atoms with Gasteiger partial charge in [-0.15, -0.1) is 0 Å². The van der Waals surface area contributed by atoms with Crippen molar-refractivity contribution >= 4 is 0 Å². The molecule has 0 aromatic carbocycles. The summed E-state index contributed by atoms with van der Waals surface area (Å²) in [6.45, 7) is 0. The van der Waals surface area contributed by atoms with Crippen molar-refractivity contribution in [2.75, 3.05) is 0 Å². The van der Waals surface area contributed by atoms with Crippen LogP contribution in [0.3, 0.4) is 0 Å². The van der Waals surface area contributed by atoms with Gasteiger partial charge in [-0.2, -0.15) is 57.9 Å². The smallest absolute Gasteiger partial charge is 0.387 e. The topological polar surface area (TPSA) is 90.0 Å². The summed E-state index contributed by atoms with van der Waals surface area (Å²) < 4.78 is 156. The SMILES string of the molecule is N#CC(C(O)c1cc(C(F)(F)F)nc(C(F)(F)F)c1)C(O)c1cc(C(F)(F)F)nc(C(F)(F)F)c1.[Fe]. The zero-order valence-corrected chi connectivity index (χ0v) is 17.8. The Labute approximate surface area is 202 Å². The van der Waals surface area contributed by atoms with Crippen molar-refractivity contribution in [1.82, 2.24) is 9.97 Å². The Kier molecular flexibility index (Phi) is 9.08. The molecule has 2 atom stereocenters. The molecule has 0 saturated carbocycles. The summed E-state index contributed by atoms with van der Waals surface area (Å²) in [4.78, 5) is 4.72. The van der Waals surface area contributed by atoms with Gasteiger partial charge in [-0.1, -0.05) is 0 Å². The van der Waals surface area contributed by atoms with Gasteiger partial charge >= 0.3 is 24.7 Å². The van der Waals surface area contributed by atoms with E-state index < -0.39 is 76.7 Å². The van der Waals surface area contributed by atoms with Gasteiger partial charge in [0, 0.05) is 17.1 Å². The number of aliphatic hydroxyl groups is 2. The minimum Gasteiger partial charge on any atom is -0.387 e. The Morgan fingerprint density at radius 2 is 0.806 bits per heavy atom. The third kappa shape index (κ3) is 7.21. The van der Waals surface area contributed by atoms with Crippen molar-refractivity contribution in [3.05, 3.63) is 58.2 Å². The molecule has 0 aliphatic carbocycles. The second-order valence-corrected chi connectivity index (χ2v) is 6.88. The maximum atomic E-state index is 13.0. The van der Waals surface area contributed by atoms with Gasteiger partial charge in [0.1, 0.15) is 28.7 Å². The van der Waals surface area contributed by atoms with Gasteiger partial charge in [-0.05, 0) is 35.4 Å². The minimum absolute atomic E-state index is 0. The number of aliphatic hydroxyl groups excluding tert-OH is 2. The molecule has 0 fully saturated rings. The summed E-state index contributed by atoms with van der Waals surface area (Å²) in [6, 6.07) is 0.589. The molecule has 2 aromatic heterocycles. The van der Waals surface area contributed by atoms with Crippen LogP contribution in [0.1, 0.15) is 46.1 Å². The average Bonchev–Trinajstić information content (AvgIpc) is 2.70. The van der Waals surface area contributed by atoms with Crippen LogP contribution in [0.2, 0.25) is 0 Å². The summed E-state index contributed by atoms with van der Waals surface area (Å²) in [5, 5.41) is 29.7. The molecule has 0 bridgehead atoms. The number of hydrogen-bond donors (Lipinski definition) is 2. The standard InChI is InChI=1S/C18H9F12N3O2.Fe/c19-15(20,21)9-1-6(2-10(32-9)16(22,23)24)13(34)8(5-31)14(35)7-3-11(17(25,26)27)33-12(4-7)18(28,29)30;/h1-4,8,13-14,34-35H;. The van der Waals surface area contributed by atoms with Gasteiger partial charge in [-0.25, -0.2) is 9.97 Å². The van der Waals surface area contributed by atoms with E-state index in [1.54, 1.807) is 0 Å². The van der Waals surface area contributed by atoms with E-state index in [1.807, 2.05) is 0 Å². The van der Waals surface area contributed by atoms with E-state index in [9.17, 15) is 68.2 Å². The van der Waals surface area contributed by atoms with E-state index in [-0.39, 0.29) is 41.3 Å². The Hall–Kier alpha value is -2.61. The first-order chi connectivity index (χ1) is 15.7. The molecule has 2 heterocycles. The predicted molar refractivity (Wildman–Crippen MR) is 87.5 cm³/mol. The first-order valence-corrected chi connectivity index (χ1v) is 8.74. The summed E-state index contributed by atoms with van der Waals surface area (Å²) in [5.74, 6) is -2.52. The van der Waals surface area contributed by atoms with Crippen molar-refractivity contribution in [3.63, 3.8) is 0 Å². The van der Waals surface area contributed by atoms with Crippen LogP contribution in [0, 0.1) is 17.2 Å². The van der Waals surface area contributed by atoms with Crippen LogP contribution in [-0.2, 0) is 41.8 Å². The summed E-state index contributed by atoms with van der Waals surface area (Å²) in [5.41, 5.74) is -11.3. The van der Waals surface area contributed by atoms with E-state index in [0.717, 1.165) is 6.07 Å². The molecule has 2 rings (SSSR count). The zero-order chi connectivity index (χ0) is 27.1. The second kappa shape index (κ2) is 10.4. The first kappa shape index (κ1) is 31.4. The fraction of sp³-hybridized carbons (Fsp3) is 0.389. The van der Waals surface area contributed by atoms with E-state index in [1.165, 1.54) is 0 Å². The molecular weight excluding hydrogens is 574 g/mol. The number of hydrogen-bond acceptors (Lipinski definition) is 5. The number of nitriles is 1. The van der Waals surface area contributed by atoms with Crippen LogP contribution in [0.5, 0.6) is 0 Å². The van der Waals surface area contributed by atoms with Crippen molar-refractivity contribution < 1.29 is 80.0 Å². The van der Waals surface area contributed by atoms with Gasteiger partial charge in [0.15, 0.2) is 0 Å². The number of alkyl halides is 12. The molecule has 0 saturated heterocycles. The fourth-order valence-corrected chi connectivity index (χ4v) is 2.75. The molecule has 18 heteroatoms. The molecule has 0 radical (unpaired) electrons. The van der Waals surface area contributed by atoms with Crippen LogP contribution in [-0.4, -0.2) is 20.2 Å². The van der Waals surface area contributed by atoms with Crippen LogP contribution in [0.4, 0.5) is 52.7 Å². The fourth-order valence-electron chi connectivity index (χ4n) is 2.75. The van der Waals surface area contributed by atoms with E-state index in [0.29, 0.717) is 0 Å². The Morgan fingerprint density at radius 3 is 0.972 bits per heavy atom. The Bertz CT molecular complexity index is 977.